The lowest BCUT2D eigenvalue weighted by Gasteiger charge is -2.08. The Morgan fingerprint density at radius 2 is 2.36 bits per heavy atom. The van der Waals surface area contributed by atoms with Gasteiger partial charge in [0.05, 0.1) is 11.0 Å². The lowest BCUT2D eigenvalue weighted by Crippen LogP contribution is -2.07. The van der Waals surface area contributed by atoms with Crippen molar-refractivity contribution in [3.63, 3.8) is 0 Å². The summed E-state index contributed by atoms with van der Waals surface area (Å²) in [6.45, 7) is 1.63. The van der Waals surface area contributed by atoms with Crippen LogP contribution < -0.4 is 4.74 Å². The summed E-state index contributed by atoms with van der Waals surface area (Å²) >= 11 is 0. The molecule has 0 saturated heterocycles. The van der Waals surface area contributed by atoms with Crippen molar-refractivity contribution >= 4 is 5.69 Å². The van der Waals surface area contributed by atoms with Gasteiger partial charge in [-0.1, -0.05) is 13.0 Å². The maximum Gasteiger partial charge on any atom is 0.273 e. The molecule has 0 radical (unpaired) electrons. The molecule has 1 aromatic carbocycles. The molecule has 0 fully saturated rings. The van der Waals surface area contributed by atoms with Crippen molar-refractivity contribution in [2.75, 3.05) is 0 Å². The minimum absolute atomic E-state index is 0.106. The average molecular weight is 199 g/mol. The van der Waals surface area contributed by atoms with E-state index >= 15 is 0 Å². The molecule has 1 unspecified atom stereocenters. The first kappa shape index (κ1) is 10.4. The predicted octanol–water partition coefficient (Wildman–Crippen LogP) is 2.68. The van der Waals surface area contributed by atoms with Gasteiger partial charge in [-0.05, 0) is 6.07 Å². The standard InChI is InChI=1S/C9H10FNO3/c1-2-9(10)14-8-5-3-4-7(6-8)11(12)13/h3-6,9H,2H2,1H3. The fourth-order valence-corrected chi connectivity index (χ4v) is 0.901. The Morgan fingerprint density at radius 1 is 1.64 bits per heavy atom. The van der Waals surface area contributed by atoms with Crippen LogP contribution in [0, 0.1) is 10.1 Å². The van der Waals surface area contributed by atoms with Gasteiger partial charge in [0, 0.05) is 12.5 Å². The van der Waals surface area contributed by atoms with Crippen LogP contribution in [0.2, 0.25) is 0 Å². The Hall–Kier alpha value is -1.65. The average Bonchev–Trinajstić information content (AvgIpc) is 2.18. The number of non-ortho nitro benzene ring substituents is 1. The Kier molecular flexibility index (Phi) is 3.39. The molecule has 0 N–H and O–H groups in total. The monoisotopic (exact) mass is 199 g/mol. The van der Waals surface area contributed by atoms with Crippen LogP contribution in [-0.4, -0.2) is 11.3 Å². The summed E-state index contributed by atoms with van der Waals surface area (Å²) in [4.78, 5) is 9.82. The molecule has 5 heteroatoms. The highest BCUT2D eigenvalue weighted by Crippen LogP contribution is 2.20. The lowest BCUT2D eigenvalue weighted by molar-refractivity contribution is -0.385. The van der Waals surface area contributed by atoms with Crippen molar-refractivity contribution < 1.29 is 14.1 Å². The van der Waals surface area contributed by atoms with E-state index in [2.05, 4.69) is 0 Å². The van der Waals surface area contributed by atoms with Crippen LogP contribution in [0.5, 0.6) is 5.75 Å². The van der Waals surface area contributed by atoms with E-state index in [4.69, 9.17) is 4.74 Å². The molecule has 0 amide bonds. The summed E-state index contributed by atoms with van der Waals surface area (Å²) < 4.78 is 17.5. The molecule has 1 rings (SSSR count). The maximum absolute atomic E-state index is 12.8. The van der Waals surface area contributed by atoms with Crippen LogP contribution in [-0.2, 0) is 0 Å². The van der Waals surface area contributed by atoms with E-state index in [1.165, 1.54) is 24.3 Å². The summed E-state index contributed by atoms with van der Waals surface area (Å²) in [5.41, 5.74) is -0.106. The number of nitrogens with zero attached hydrogens (tertiary/aromatic N) is 1. The Balaban J connectivity index is 2.78. The molecule has 14 heavy (non-hydrogen) atoms. The molecule has 0 heterocycles. The van der Waals surface area contributed by atoms with Gasteiger partial charge in [-0.15, -0.1) is 0 Å². The number of alkyl halides is 1. The number of hydrogen-bond acceptors (Lipinski definition) is 3. The molecule has 0 aliphatic rings. The van der Waals surface area contributed by atoms with Gasteiger partial charge in [-0.3, -0.25) is 10.1 Å². The van der Waals surface area contributed by atoms with Gasteiger partial charge in [0.25, 0.3) is 5.69 Å². The number of ether oxygens (including phenoxy) is 1. The molecule has 0 aliphatic heterocycles. The third-order valence-electron chi connectivity index (χ3n) is 1.61. The Labute approximate surface area is 80.5 Å². The van der Waals surface area contributed by atoms with Gasteiger partial charge < -0.3 is 4.74 Å². The van der Waals surface area contributed by atoms with Crippen LogP contribution in [0.4, 0.5) is 10.1 Å². The van der Waals surface area contributed by atoms with Gasteiger partial charge in [0.1, 0.15) is 5.75 Å². The quantitative estimate of drug-likeness (QED) is 0.553. The van der Waals surface area contributed by atoms with Crippen molar-refractivity contribution in [1.29, 1.82) is 0 Å². The van der Waals surface area contributed by atoms with Crippen LogP contribution >= 0.6 is 0 Å². The highest BCUT2D eigenvalue weighted by Gasteiger charge is 2.09. The van der Waals surface area contributed by atoms with Crippen LogP contribution in [0.3, 0.4) is 0 Å². The minimum Gasteiger partial charge on any atom is -0.460 e. The van der Waals surface area contributed by atoms with Gasteiger partial charge in [-0.2, -0.15) is 0 Å². The fourth-order valence-electron chi connectivity index (χ4n) is 0.901. The molecule has 0 aromatic heterocycles. The number of nitro benzene ring substituents is 1. The minimum atomic E-state index is -1.42. The zero-order valence-corrected chi connectivity index (χ0v) is 7.64. The third kappa shape index (κ3) is 2.69. The molecule has 76 valence electrons. The number of rotatable bonds is 4. The van der Waals surface area contributed by atoms with Crippen molar-refractivity contribution in [2.24, 2.45) is 0 Å². The fraction of sp³-hybridized carbons (Fsp3) is 0.333. The number of nitro groups is 1. The molecule has 0 spiro atoms. The first-order valence-corrected chi connectivity index (χ1v) is 4.18. The zero-order chi connectivity index (χ0) is 10.6. The highest BCUT2D eigenvalue weighted by molar-refractivity contribution is 5.37. The van der Waals surface area contributed by atoms with Gasteiger partial charge in [-0.25, -0.2) is 4.39 Å². The van der Waals surface area contributed by atoms with Crippen LogP contribution in [0.15, 0.2) is 24.3 Å². The largest absolute Gasteiger partial charge is 0.460 e. The predicted molar refractivity (Wildman–Crippen MR) is 48.9 cm³/mol. The van der Waals surface area contributed by atoms with Crippen molar-refractivity contribution in [2.45, 2.75) is 19.7 Å². The van der Waals surface area contributed by atoms with Crippen molar-refractivity contribution in [3.05, 3.63) is 34.4 Å². The van der Waals surface area contributed by atoms with E-state index < -0.39 is 11.3 Å². The van der Waals surface area contributed by atoms with Crippen LogP contribution in [0.25, 0.3) is 0 Å². The summed E-state index contributed by atoms with van der Waals surface area (Å²) in [7, 11) is 0. The van der Waals surface area contributed by atoms with E-state index in [0.717, 1.165) is 0 Å². The first-order chi connectivity index (χ1) is 6.63. The van der Waals surface area contributed by atoms with E-state index in [-0.39, 0.29) is 17.9 Å². The highest BCUT2D eigenvalue weighted by atomic mass is 19.1. The second-order valence-corrected chi connectivity index (χ2v) is 2.69. The Morgan fingerprint density at radius 3 is 2.93 bits per heavy atom. The SMILES string of the molecule is CCC(F)Oc1cccc([N+](=O)[O-])c1. The molecule has 0 aliphatic carbocycles. The molecule has 4 nitrogen and oxygen atoms in total. The summed E-state index contributed by atoms with van der Waals surface area (Å²) in [5.74, 6) is 0.175. The molecule has 1 atom stereocenters. The summed E-state index contributed by atoms with van der Waals surface area (Å²) in [6.07, 6.45) is -1.21. The van der Waals surface area contributed by atoms with Crippen molar-refractivity contribution in [3.8, 4) is 5.75 Å². The van der Waals surface area contributed by atoms with E-state index in [9.17, 15) is 14.5 Å². The van der Waals surface area contributed by atoms with Crippen LogP contribution in [0.1, 0.15) is 13.3 Å². The number of hydrogen-bond donors (Lipinski definition) is 0. The molecule has 0 saturated carbocycles. The third-order valence-corrected chi connectivity index (χ3v) is 1.61. The molecular formula is C9H10FNO3. The lowest BCUT2D eigenvalue weighted by atomic mass is 10.3. The topological polar surface area (TPSA) is 52.4 Å². The molecular weight excluding hydrogens is 189 g/mol. The second-order valence-electron chi connectivity index (χ2n) is 2.69. The normalized spacial score (nSPS) is 12.1. The van der Waals surface area contributed by atoms with Gasteiger partial charge >= 0.3 is 0 Å². The molecule has 0 bridgehead atoms. The first-order valence-electron chi connectivity index (χ1n) is 4.18. The van der Waals surface area contributed by atoms with Crippen molar-refractivity contribution in [1.82, 2.24) is 0 Å². The number of halogens is 1. The summed E-state index contributed by atoms with van der Waals surface area (Å²) in [5, 5.41) is 10.4. The zero-order valence-electron chi connectivity index (χ0n) is 7.64. The smallest absolute Gasteiger partial charge is 0.273 e. The maximum atomic E-state index is 12.8. The summed E-state index contributed by atoms with van der Waals surface area (Å²) in [6, 6.07) is 5.46. The van der Waals surface area contributed by atoms with E-state index in [1.807, 2.05) is 0 Å². The van der Waals surface area contributed by atoms with Gasteiger partial charge in [0.15, 0.2) is 0 Å². The molecule has 1 aromatic rings. The van der Waals surface area contributed by atoms with Gasteiger partial charge in [0.2, 0.25) is 6.36 Å². The second kappa shape index (κ2) is 4.55. The van der Waals surface area contributed by atoms with E-state index in [0.29, 0.717) is 0 Å². The Bertz CT molecular complexity index is 330. The number of benzene rings is 1. The van der Waals surface area contributed by atoms with E-state index in [1.54, 1.807) is 6.92 Å².